The number of aromatic amines is 1. The molecule has 0 aliphatic heterocycles. The highest BCUT2D eigenvalue weighted by molar-refractivity contribution is 7.21. The molecule has 0 aliphatic carbocycles. The molecule has 0 spiro atoms. The number of thiophene rings is 1. The van der Waals surface area contributed by atoms with Crippen molar-refractivity contribution in [1.82, 2.24) is 15.3 Å². The van der Waals surface area contributed by atoms with Gasteiger partial charge in [-0.25, -0.2) is 9.37 Å². The lowest BCUT2D eigenvalue weighted by Gasteiger charge is -2.11. The van der Waals surface area contributed by atoms with E-state index >= 15 is 0 Å². The van der Waals surface area contributed by atoms with Crippen molar-refractivity contribution in [3.63, 3.8) is 0 Å². The van der Waals surface area contributed by atoms with Crippen LogP contribution in [0, 0.1) is 5.82 Å². The van der Waals surface area contributed by atoms with E-state index in [0.29, 0.717) is 21.7 Å². The van der Waals surface area contributed by atoms with Gasteiger partial charge in [-0.05, 0) is 31.2 Å². The molecule has 2 aromatic heterocycles. The lowest BCUT2D eigenvalue weighted by Crippen LogP contribution is -2.27. The summed E-state index contributed by atoms with van der Waals surface area (Å²) in [5.41, 5.74) is 2.33. The van der Waals surface area contributed by atoms with E-state index in [0.717, 1.165) is 15.7 Å². The van der Waals surface area contributed by atoms with Gasteiger partial charge in [-0.1, -0.05) is 18.2 Å². The minimum absolute atomic E-state index is 0.169. The molecule has 0 saturated carbocycles. The zero-order valence-corrected chi connectivity index (χ0v) is 15.7. The van der Waals surface area contributed by atoms with E-state index in [1.807, 2.05) is 37.3 Å². The number of halogens is 1. The Morgan fingerprint density at radius 3 is 2.89 bits per heavy atom. The average molecular weight is 383 g/mol. The molecule has 2 N–H and O–H groups in total. The van der Waals surface area contributed by atoms with Crippen LogP contribution >= 0.6 is 11.3 Å². The van der Waals surface area contributed by atoms with Gasteiger partial charge in [0.2, 0.25) is 0 Å². The van der Waals surface area contributed by atoms with E-state index in [1.165, 1.54) is 24.5 Å². The molecule has 1 unspecified atom stereocenters. The topological polar surface area (TPSA) is 67.0 Å². The number of aromatic nitrogens is 2. The fourth-order valence-electron chi connectivity index (χ4n) is 3.14. The molecular weight excluding hydrogens is 365 g/mol. The Balaban J connectivity index is 1.66. The third kappa shape index (κ3) is 3.20. The second-order valence-electron chi connectivity index (χ2n) is 6.29. The number of hydrogen-bond acceptors (Lipinski definition) is 4. The van der Waals surface area contributed by atoms with Gasteiger partial charge in [0.05, 0.1) is 28.6 Å². The van der Waals surface area contributed by atoms with Crippen molar-refractivity contribution in [2.24, 2.45) is 0 Å². The summed E-state index contributed by atoms with van der Waals surface area (Å²) in [5.74, 6) is 0.0564. The maximum Gasteiger partial charge on any atom is 0.262 e. The number of carbonyl (C=O) groups is 1. The normalized spacial score (nSPS) is 12.6. The molecule has 27 heavy (non-hydrogen) atoms. The highest BCUT2D eigenvalue weighted by atomic mass is 32.1. The number of nitrogens with zero attached hydrogens (tertiary/aromatic N) is 1. The molecule has 2 heterocycles. The van der Waals surface area contributed by atoms with Crippen molar-refractivity contribution in [1.29, 1.82) is 0 Å². The number of ether oxygens (including phenoxy) is 1. The summed E-state index contributed by atoms with van der Waals surface area (Å²) >= 11 is 1.27. The van der Waals surface area contributed by atoms with Crippen LogP contribution in [0.3, 0.4) is 0 Å². The van der Waals surface area contributed by atoms with Crippen molar-refractivity contribution >= 4 is 38.4 Å². The van der Waals surface area contributed by atoms with Crippen molar-refractivity contribution in [2.75, 3.05) is 7.11 Å². The Labute approximate surface area is 159 Å². The molecule has 0 saturated heterocycles. The predicted octanol–water partition coefficient (Wildman–Crippen LogP) is 4.55. The van der Waals surface area contributed by atoms with Gasteiger partial charge < -0.3 is 15.0 Å². The number of H-pyrrole nitrogens is 1. The van der Waals surface area contributed by atoms with Gasteiger partial charge in [0.15, 0.2) is 0 Å². The monoisotopic (exact) mass is 383 g/mol. The van der Waals surface area contributed by atoms with Gasteiger partial charge in [0.25, 0.3) is 5.91 Å². The Morgan fingerprint density at radius 1 is 1.30 bits per heavy atom. The van der Waals surface area contributed by atoms with Crippen LogP contribution in [0.5, 0.6) is 0 Å². The number of rotatable bonds is 5. The summed E-state index contributed by atoms with van der Waals surface area (Å²) in [7, 11) is 1.53. The largest absolute Gasteiger partial charge is 0.380 e. The molecular formula is C20H18FN3O2S. The zero-order chi connectivity index (χ0) is 19.0. The number of benzene rings is 2. The number of para-hydroxylation sites is 2. The van der Waals surface area contributed by atoms with Crippen molar-refractivity contribution < 1.29 is 13.9 Å². The number of methoxy groups -OCH3 is 1. The Morgan fingerprint density at radius 2 is 2.11 bits per heavy atom. The van der Waals surface area contributed by atoms with Crippen LogP contribution in [0.2, 0.25) is 0 Å². The lowest BCUT2D eigenvalue weighted by molar-refractivity contribution is 0.0938. The molecule has 0 radical (unpaired) electrons. The van der Waals surface area contributed by atoms with Gasteiger partial charge >= 0.3 is 0 Å². The van der Waals surface area contributed by atoms with E-state index in [9.17, 15) is 9.18 Å². The second kappa shape index (κ2) is 7.09. The molecule has 0 aliphatic rings. The van der Waals surface area contributed by atoms with Crippen LogP contribution < -0.4 is 5.32 Å². The van der Waals surface area contributed by atoms with E-state index in [1.54, 1.807) is 6.07 Å². The molecule has 5 nitrogen and oxygen atoms in total. The molecule has 7 heteroatoms. The number of imidazole rings is 1. The Bertz CT molecular complexity index is 1100. The standard InChI is InChI=1S/C20H18FN3O2S/c1-11(19-23-14-7-3-4-8-15(14)24-19)22-20(25)18-12(10-26-2)17-13(21)6-5-9-16(17)27-18/h3-9,11H,10H2,1-2H3,(H,22,25)(H,23,24). The highest BCUT2D eigenvalue weighted by Gasteiger charge is 2.23. The number of amides is 1. The first-order valence-corrected chi connectivity index (χ1v) is 9.34. The number of nitrogens with one attached hydrogen (secondary N) is 2. The molecule has 1 atom stereocenters. The van der Waals surface area contributed by atoms with Crippen LogP contribution in [-0.4, -0.2) is 23.0 Å². The van der Waals surface area contributed by atoms with E-state index in [-0.39, 0.29) is 24.4 Å². The Hall–Kier alpha value is -2.77. The number of carbonyl (C=O) groups excluding carboxylic acids is 1. The minimum atomic E-state index is -0.347. The molecule has 4 aromatic rings. The molecule has 2 aromatic carbocycles. The zero-order valence-electron chi connectivity index (χ0n) is 14.9. The van der Waals surface area contributed by atoms with Gasteiger partial charge in [0, 0.05) is 22.8 Å². The first-order valence-electron chi connectivity index (χ1n) is 8.53. The predicted molar refractivity (Wildman–Crippen MR) is 104 cm³/mol. The molecule has 0 bridgehead atoms. The molecule has 1 amide bonds. The van der Waals surface area contributed by atoms with Crippen LogP contribution in [-0.2, 0) is 11.3 Å². The summed E-state index contributed by atoms with van der Waals surface area (Å²) in [6.07, 6.45) is 0. The van der Waals surface area contributed by atoms with Gasteiger partial charge in [0.1, 0.15) is 11.6 Å². The van der Waals surface area contributed by atoms with Crippen LogP contribution in [0.15, 0.2) is 42.5 Å². The maximum atomic E-state index is 14.3. The van der Waals surface area contributed by atoms with Crippen LogP contribution in [0.25, 0.3) is 21.1 Å². The summed E-state index contributed by atoms with van der Waals surface area (Å²) in [4.78, 5) is 21.1. The number of fused-ring (bicyclic) bond motifs is 2. The van der Waals surface area contributed by atoms with Crippen LogP contribution in [0.1, 0.15) is 34.0 Å². The summed E-state index contributed by atoms with van der Waals surface area (Å²) in [6.45, 7) is 2.03. The lowest BCUT2D eigenvalue weighted by atomic mass is 10.1. The number of hydrogen-bond donors (Lipinski definition) is 2. The minimum Gasteiger partial charge on any atom is -0.380 e. The van der Waals surface area contributed by atoms with Crippen molar-refractivity contribution in [3.05, 3.63) is 64.5 Å². The van der Waals surface area contributed by atoms with Crippen molar-refractivity contribution in [3.8, 4) is 0 Å². The third-order valence-corrected chi connectivity index (χ3v) is 5.62. The quantitative estimate of drug-likeness (QED) is 0.531. The average Bonchev–Trinajstić information content (AvgIpc) is 3.24. The van der Waals surface area contributed by atoms with Crippen LogP contribution in [0.4, 0.5) is 4.39 Å². The molecule has 0 fully saturated rings. The third-order valence-electron chi connectivity index (χ3n) is 4.42. The fourth-order valence-corrected chi connectivity index (χ4v) is 4.27. The van der Waals surface area contributed by atoms with Gasteiger partial charge in [-0.3, -0.25) is 4.79 Å². The van der Waals surface area contributed by atoms with Gasteiger partial charge in [-0.15, -0.1) is 11.3 Å². The maximum absolute atomic E-state index is 14.3. The molecule has 138 valence electrons. The molecule has 4 rings (SSSR count). The summed E-state index contributed by atoms with van der Waals surface area (Å²) in [5, 5.41) is 3.40. The highest BCUT2D eigenvalue weighted by Crippen LogP contribution is 2.34. The summed E-state index contributed by atoms with van der Waals surface area (Å²) < 4.78 is 20.2. The van der Waals surface area contributed by atoms with Crippen molar-refractivity contribution in [2.45, 2.75) is 19.6 Å². The smallest absolute Gasteiger partial charge is 0.262 e. The van der Waals surface area contributed by atoms with E-state index < -0.39 is 0 Å². The van der Waals surface area contributed by atoms with E-state index in [2.05, 4.69) is 15.3 Å². The summed E-state index contributed by atoms with van der Waals surface area (Å²) in [6, 6.07) is 12.2. The fraction of sp³-hybridized carbons (Fsp3) is 0.200. The SMILES string of the molecule is COCc1c(C(=O)NC(C)c2nc3ccccc3[nH]2)sc2cccc(F)c12. The van der Waals surface area contributed by atoms with Gasteiger partial charge in [-0.2, -0.15) is 0 Å². The Kier molecular flexibility index (Phi) is 4.63. The second-order valence-corrected chi connectivity index (χ2v) is 7.34. The van der Waals surface area contributed by atoms with E-state index in [4.69, 9.17) is 4.74 Å². The first-order chi connectivity index (χ1) is 13.1. The first kappa shape index (κ1) is 17.6.